The molecule has 0 aliphatic carbocycles. The third-order valence-corrected chi connectivity index (χ3v) is 2.20. The zero-order chi connectivity index (χ0) is 13.8. The second kappa shape index (κ2) is 5.81. The van der Waals surface area contributed by atoms with Crippen molar-refractivity contribution in [3.8, 4) is 0 Å². The van der Waals surface area contributed by atoms with Crippen LogP contribution in [0.3, 0.4) is 0 Å². The summed E-state index contributed by atoms with van der Waals surface area (Å²) in [5.41, 5.74) is 3.52. The lowest BCUT2D eigenvalue weighted by atomic mass is 10.1. The van der Waals surface area contributed by atoms with E-state index >= 15 is 0 Å². The summed E-state index contributed by atoms with van der Waals surface area (Å²) in [4.78, 5) is 11.5. The van der Waals surface area contributed by atoms with Crippen molar-refractivity contribution in [3.05, 3.63) is 35.1 Å². The summed E-state index contributed by atoms with van der Waals surface area (Å²) < 4.78 is 50.2. The topological polar surface area (TPSA) is 55.1 Å². The zero-order valence-corrected chi connectivity index (χ0v) is 9.35. The van der Waals surface area contributed by atoms with Crippen LogP contribution in [0.25, 0.3) is 0 Å². The first-order valence-electron chi connectivity index (χ1n) is 5.21. The van der Waals surface area contributed by atoms with Crippen LogP contribution in [-0.4, -0.2) is 19.0 Å². The van der Waals surface area contributed by atoms with Gasteiger partial charge in [-0.25, -0.2) is 4.39 Å². The summed E-state index contributed by atoms with van der Waals surface area (Å²) in [6, 6.07) is 2.12. The highest BCUT2D eigenvalue weighted by Gasteiger charge is 2.34. The van der Waals surface area contributed by atoms with Gasteiger partial charge in [0.2, 0.25) is 0 Å². The highest BCUT2D eigenvalue weighted by Crippen LogP contribution is 2.31. The van der Waals surface area contributed by atoms with Crippen LogP contribution in [0.1, 0.15) is 22.3 Å². The second-order valence-electron chi connectivity index (χ2n) is 3.59. The highest BCUT2D eigenvalue weighted by atomic mass is 19.4. The van der Waals surface area contributed by atoms with Gasteiger partial charge in [-0.3, -0.25) is 4.79 Å². The van der Waals surface area contributed by atoms with Crippen molar-refractivity contribution in [1.29, 1.82) is 0 Å². The number of hydrogen-bond acceptors (Lipinski definition) is 2. The third-order valence-electron chi connectivity index (χ3n) is 2.20. The van der Waals surface area contributed by atoms with Crippen molar-refractivity contribution < 1.29 is 22.4 Å². The maximum absolute atomic E-state index is 13.0. The fourth-order valence-electron chi connectivity index (χ4n) is 1.29. The number of halogens is 4. The molecule has 0 unspecified atom stereocenters. The Hall–Kier alpha value is -1.63. The first kappa shape index (κ1) is 14.4. The molecule has 3 nitrogen and oxygen atoms in total. The van der Waals surface area contributed by atoms with Gasteiger partial charge in [0.15, 0.2) is 0 Å². The Bertz CT molecular complexity index is 432. The highest BCUT2D eigenvalue weighted by molar-refractivity contribution is 5.94. The number of alkyl halides is 3. The third kappa shape index (κ3) is 3.69. The van der Waals surface area contributed by atoms with Gasteiger partial charge in [-0.05, 0) is 31.2 Å². The number of rotatable bonds is 4. The molecule has 0 heterocycles. The average Bonchev–Trinajstić information content (AvgIpc) is 2.28. The van der Waals surface area contributed by atoms with Gasteiger partial charge in [-0.2, -0.15) is 13.2 Å². The molecule has 7 heteroatoms. The van der Waals surface area contributed by atoms with Gasteiger partial charge >= 0.3 is 6.18 Å². The Labute approximate surface area is 101 Å². The van der Waals surface area contributed by atoms with E-state index in [-0.39, 0.29) is 12.1 Å². The van der Waals surface area contributed by atoms with Crippen molar-refractivity contribution >= 4 is 5.91 Å². The quantitative estimate of drug-likeness (QED) is 0.645. The van der Waals surface area contributed by atoms with E-state index in [0.29, 0.717) is 25.1 Å². The van der Waals surface area contributed by atoms with Gasteiger partial charge < -0.3 is 11.1 Å². The lowest BCUT2D eigenvalue weighted by Crippen LogP contribution is -2.26. The molecule has 0 aliphatic rings. The van der Waals surface area contributed by atoms with Gasteiger partial charge in [0, 0.05) is 12.1 Å². The first-order valence-corrected chi connectivity index (χ1v) is 5.21. The van der Waals surface area contributed by atoms with Crippen LogP contribution in [0.15, 0.2) is 18.2 Å². The molecule has 1 aromatic carbocycles. The molecule has 0 saturated heterocycles. The first-order chi connectivity index (χ1) is 8.36. The molecular formula is C11H12F4N2O. The van der Waals surface area contributed by atoms with Gasteiger partial charge in [-0.1, -0.05) is 0 Å². The van der Waals surface area contributed by atoms with E-state index in [2.05, 4.69) is 5.32 Å². The Balaban J connectivity index is 2.88. The maximum atomic E-state index is 13.0. The molecule has 0 saturated carbocycles. The van der Waals surface area contributed by atoms with Crippen LogP contribution in [-0.2, 0) is 6.18 Å². The number of hydrogen-bond donors (Lipinski definition) is 2. The van der Waals surface area contributed by atoms with Crippen molar-refractivity contribution in [2.75, 3.05) is 13.1 Å². The summed E-state index contributed by atoms with van der Waals surface area (Å²) in [6.45, 7) is 0.617. The molecule has 0 bridgehead atoms. The molecule has 1 aromatic rings. The minimum absolute atomic E-state index is 0.235. The minimum Gasteiger partial charge on any atom is -0.352 e. The molecule has 0 spiro atoms. The Morgan fingerprint density at radius 3 is 2.56 bits per heavy atom. The minimum atomic E-state index is -4.82. The maximum Gasteiger partial charge on any atom is 0.419 e. The van der Waals surface area contributed by atoms with Crippen LogP contribution >= 0.6 is 0 Å². The van der Waals surface area contributed by atoms with Gasteiger partial charge in [-0.15, -0.1) is 0 Å². The molecule has 100 valence electrons. The van der Waals surface area contributed by atoms with E-state index in [1.165, 1.54) is 0 Å². The van der Waals surface area contributed by atoms with Crippen molar-refractivity contribution in [3.63, 3.8) is 0 Å². The van der Waals surface area contributed by atoms with Crippen LogP contribution in [0.2, 0.25) is 0 Å². The Kier molecular flexibility index (Phi) is 4.66. The van der Waals surface area contributed by atoms with E-state index < -0.39 is 23.5 Å². The van der Waals surface area contributed by atoms with Gasteiger partial charge in [0.25, 0.3) is 5.91 Å². The molecular weight excluding hydrogens is 252 g/mol. The van der Waals surface area contributed by atoms with E-state index in [0.717, 1.165) is 6.07 Å². The second-order valence-corrected chi connectivity index (χ2v) is 3.59. The number of carbonyl (C=O) groups is 1. The van der Waals surface area contributed by atoms with Crippen molar-refractivity contribution in [1.82, 2.24) is 5.32 Å². The smallest absolute Gasteiger partial charge is 0.352 e. The summed E-state index contributed by atoms with van der Waals surface area (Å²) >= 11 is 0. The molecule has 1 amide bonds. The van der Waals surface area contributed by atoms with E-state index in [4.69, 9.17) is 5.73 Å². The SMILES string of the molecule is NCCCNC(=O)c1ccc(F)c(C(F)(F)F)c1. The zero-order valence-electron chi connectivity index (χ0n) is 9.35. The largest absolute Gasteiger partial charge is 0.419 e. The standard InChI is InChI=1S/C11H12F4N2O/c12-9-3-2-7(6-8(9)11(13,14)15)10(18)17-5-1-4-16/h2-3,6H,1,4-5,16H2,(H,17,18). The predicted octanol–water partition coefficient (Wildman–Crippen LogP) is 1.92. The van der Waals surface area contributed by atoms with Crippen LogP contribution in [0, 0.1) is 5.82 Å². The molecule has 0 radical (unpaired) electrons. The number of nitrogens with two attached hydrogens (primary N) is 1. The molecule has 0 aromatic heterocycles. The van der Waals surface area contributed by atoms with Crippen molar-refractivity contribution in [2.24, 2.45) is 5.73 Å². The number of nitrogens with one attached hydrogen (secondary N) is 1. The monoisotopic (exact) mass is 264 g/mol. The lowest BCUT2D eigenvalue weighted by molar-refractivity contribution is -0.140. The Morgan fingerprint density at radius 1 is 1.33 bits per heavy atom. The van der Waals surface area contributed by atoms with E-state index in [1.54, 1.807) is 0 Å². The lowest BCUT2D eigenvalue weighted by Gasteiger charge is -2.10. The molecule has 0 fully saturated rings. The van der Waals surface area contributed by atoms with E-state index in [1.807, 2.05) is 0 Å². The normalized spacial score (nSPS) is 11.4. The van der Waals surface area contributed by atoms with Gasteiger partial charge in [0.1, 0.15) is 5.82 Å². The van der Waals surface area contributed by atoms with Crippen LogP contribution < -0.4 is 11.1 Å². The summed E-state index contributed by atoms with van der Waals surface area (Å²) in [6.07, 6.45) is -4.31. The van der Waals surface area contributed by atoms with Crippen molar-refractivity contribution in [2.45, 2.75) is 12.6 Å². The predicted molar refractivity (Wildman–Crippen MR) is 57.4 cm³/mol. The summed E-state index contributed by atoms with van der Waals surface area (Å²) in [5, 5.41) is 2.39. The van der Waals surface area contributed by atoms with E-state index in [9.17, 15) is 22.4 Å². The number of amides is 1. The summed E-state index contributed by atoms with van der Waals surface area (Å²) in [5.74, 6) is -2.09. The fraction of sp³-hybridized carbons (Fsp3) is 0.364. The van der Waals surface area contributed by atoms with Crippen LogP contribution in [0.5, 0.6) is 0 Å². The molecule has 3 N–H and O–H groups in total. The molecule has 1 rings (SSSR count). The van der Waals surface area contributed by atoms with Gasteiger partial charge in [0.05, 0.1) is 5.56 Å². The molecule has 0 aliphatic heterocycles. The fourth-order valence-corrected chi connectivity index (χ4v) is 1.29. The number of carbonyl (C=O) groups excluding carboxylic acids is 1. The average molecular weight is 264 g/mol. The Morgan fingerprint density at radius 2 is 2.00 bits per heavy atom. The number of benzene rings is 1. The van der Waals surface area contributed by atoms with Crippen LogP contribution in [0.4, 0.5) is 17.6 Å². The molecule has 0 atom stereocenters. The summed E-state index contributed by atoms with van der Waals surface area (Å²) in [7, 11) is 0. The molecule has 18 heavy (non-hydrogen) atoms.